The molecule has 0 radical (unpaired) electrons. The normalized spacial score (nSPS) is 15.6. The van der Waals surface area contributed by atoms with E-state index in [1.807, 2.05) is 0 Å². The highest BCUT2D eigenvalue weighted by Crippen LogP contribution is 2.45. The lowest BCUT2D eigenvalue weighted by atomic mass is 10.1. The number of aliphatic carboxylic acids is 1. The number of nitro benzene ring substituents is 1. The summed E-state index contributed by atoms with van der Waals surface area (Å²) in [5.74, 6) is -1.33. The van der Waals surface area contributed by atoms with Crippen LogP contribution in [0.3, 0.4) is 0 Å². The van der Waals surface area contributed by atoms with Crippen LogP contribution in [-0.4, -0.2) is 28.5 Å². The number of carbonyl (C=O) groups is 2. The predicted octanol–water partition coefficient (Wildman–Crippen LogP) is 1.19. The SMILES string of the molecule is O=C(NCC1(C(=O)O)CC1)c1ccc([N+](=O)[O-])cc1. The Morgan fingerprint density at radius 1 is 1.32 bits per heavy atom. The second-order valence-electron chi connectivity index (χ2n) is 4.57. The number of benzene rings is 1. The Bertz CT molecular complexity index is 534. The molecule has 1 aliphatic carbocycles. The Kier molecular flexibility index (Phi) is 3.20. The van der Waals surface area contributed by atoms with Crippen LogP contribution in [0.5, 0.6) is 0 Å². The number of nitrogens with one attached hydrogen (secondary N) is 1. The zero-order valence-corrected chi connectivity index (χ0v) is 9.96. The van der Waals surface area contributed by atoms with E-state index in [9.17, 15) is 19.7 Å². The molecule has 0 saturated heterocycles. The van der Waals surface area contributed by atoms with E-state index >= 15 is 0 Å². The van der Waals surface area contributed by atoms with Crippen LogP contribution < -0.4 is 5.32 Å². The quantitative estimate of drug-likeness (QED) is 0.613. The predicted molar refractivity (Wildman–Crippen MR) is 64.7 cm³/mol. The fourth-order valence-electron chi connectivity index (χ4n) is 1.70. The van der Waals surface area contributed by atoms with Crippen LogP contribution in [0.1, 0.15) is 23.2 Å². The fraction of sp³-hybridized carbons (Fsp3) is 0.333. The van der Waals surface area contributed by atoms with Gasteiger partial charge in [-0.1, -0.05) is 0 Å². The maximum atomic E-state index is 11.7. The van der Waals surface area contributed by atoms with E-state index in [0.29, 0.717) is 12.8 Å². The van der Waals surface area contributed by atoms with Gasteiger partial charge < -0.3 is 10.4 Å². The molecule has 7 heteroatoms. The van der Waals surface area contributed by atoms with Gasteiger partial charge in [-0.2, -0.15) is 0 Å². The maximum absolute atomic E-state index is 11.7. The first-order valence-corrected chi connectivity index (χ1v) is 5.71. The van der Waals surface area contributed by atoms with Crippen LogP contribution >= 0.6 is 0 Å². The summed E-state index contributed by atoms with van der Waals surface area (Å²) >= 11 is 0. The monoisotopic (exact) mass is 264 g/mol. The first-order chi connectivity index (χ1) is 8.94. The smallest absolute Gasteiger partial charge is 0.311 e. The third-order valence-corrected chi connectivity index (χ3v) is 3.23. The number of carboxylic acid groups (broad SMARTS) is 1. The van der Waals surface area contributed by atoms with Gasteiger partial charge in [-0.05, 0) is 25.0 Å². The van der Waals surface area contributed by atoms with Gasteiger partial charge in [0, 0.05) is 24.2 Å². The number of carbonyl (C=O) groups excluding carboxylic acids is 1. The number of non-ortho nitro benzene ring substituents is 1. The van der Waals surface area contributed by atoms with Gasteiger partial charge in [-0.25, -0.2) is 0 Å². The molecule has 7 nitrogen and oxygen atoms in total. The van der Waals surface area contributed by atoms with Crippen LogP contribution in [-0.2, 0) is 4.79 Å². The lowest BCUT2D eigenvalue weighted by Gasteiger charge is -2.10. The minimum absolute atomic E-state index is 0.0815. The molecule has 1 amide bonds. The first kappa shape index (κ1) is 13.0. The Morgan fingerprint density at radius 3 is 2.32 bits per heavy atom. The molecule has 1 aromatic rings. The Morgan fingerprint density at radius 2 is 1.89 bits per heavy atom. The summed E-state index contributed by atoms with van der Waals surface area (Å²) in [4.78, 5) is 32.6. The van der Waals surface area contributed by atoms with Gasteiger partial charge in [0.2, 0.25) is 0 Å². The summed E-state index contributed by atoms with van der Waals surface area (Å²) < 4.78 is 0. The van der Waals surface area contributed by atoms with E-state index in [0.717, 1.165) is 0 Å². The highest BCUT2D eigenvalue weighted by Gasteiger charge is 2.50. The number of carboxylic acids is 1. The molecule has 1 fully saturated rings. The highest BCUT2D eigenvalue weighted by molar-refractivity contribution is 5.94. The number of amides is 1. The van der Waals surface area contributed by atoms with E-state index in [1.165, 1.54) is 24.3 Å². The second-order valence-corrected chi connectivity index (χ2v) is 4.57. The average Bonchev–Trinajstić information content (AvgIpc) is 3.17. The zero-order chi connectivity index (χ0) is 14.0. The molecule has 1 saturated carbocycles. The largest absolute Gasteiger partial charge is 0.481 e. The van der Waals surface area contributed by atoms with Gasteiger partial charge >= 0.3 is 5.97 Å². The Hall–Kier alpha value is -2.44. The summed E-state index contributed by atoms with van der Waals surface area (Å²) in [6.45, 7) is 0.0815. The Balaban J connectivity index is 1.97. The van der Waals surface area contributed by atoms with Gasteiger partial charge in [0.05, 0.1) is 10.3 Å². The molecule has 0 heterocycles. The second kappa shape index (κ2) is 4.68. The number of hydrogen-bond acceptors (Lipinski definition) is 4. The fourth-order valence-corrected chi connectivity index (χ4v) is 1.70. The number of nitro groups is 1. The summed E-state index contributed by atoms with van der Waals surface area (Å²) in [7, 11) is 0. The molecular formula is C12H12N2O5. The van der Waals surface area contributed by atoms with E-state index in [2.05, 4.69) is 5.32 Å². The van der Waals surface area contributed by atoms with Crippen LogP contribution in [0.25, 0.3) is 0 Å². The average molecular weight is 264 g/mol. The van der Waals surface area contributed by atoms with E-state index in [-0.39, 0.29) is 17.8 Å². The van der Waals surface area contributed by atoms with Gasteiger partial charge in [-0.3, -0.25) is 19.7 Å². The van der Waals surface area contributed by atoms with Crippen molar-refractivity contribution in [1.29, 1.82) is 0 Å². The molecule has 2 rings (SSSR count). The van der Waals surface area contributed by atoms with Gasteiger partial charge in [0.15, 0.2) is 0 Å². The van der Waals surface area contributed by atoms with Crippen molar-refractivity contribution in [1.82, 2.24) is 5.32 Å². The minimum atomic E-state index is -0.906. The van der Waals surface area contributed by atoms with Crippen molar-refractivity contribution in [2.75, 3.05) is 6.54 Å². The van der Waals surface area contributed by atoms with Crippen molar-refractivity contribution in [3.05, 3.63) is 39.9 Å². The molecule has 0 aliphatic heterocycles. The third kappa shape index (κ3) is 2.70. The number of nitrogens with zero attached hydrogens (tertiary/aromatic N) is 1. The maximum Gasteiger partial charge on any atom is 0.311 e. The third-order valence-electron chi connectivity index (χ3n) is 3.23. The van der Waals surface area contributed by atoms with Crippen LogP contribution in [0.4, 0.5) is 5.69 Å². The van der Waals surface area contributed by atoms with E-state index < -0.39 is 22.2 Å². The Labute approximate surface area is 108 Å². The molecule has 1 aromatic carbocycles. The number of hydrogen-bond donors (Lipinski definition) is 2. The summed E-state index contributed by atoms with van der Waals surface area (Å²) in [5, 5.41) is 22.0. The van der Waals surface area contributed by atoms with Crippen LogP contribution in [0.15, 0.2) is 24.3 Å². The summed E-state index contributed by atoms with van der Waals surface area (Å²) in [6.07, 6.45) is 1.12. The summed E-state index contributed by atoms with van der Waals surface area (Å²) in [6, 6.07) is 5.15. The van der Waals surface area contributed by atoms with Gasteiger partial charge in [0.1, 0.15) is 0 Å². The lowest BCUT2D eigenvalue weighted by molar-refractivity contribution is -0.384. The molecule has 100 valence electrons. The number of rotatable bonds is 5. The minimum Gasteiger partial charge on any atom is -0.481 e. The van der Waals surface area contributed by atoms with Crippen molar-refractivity contribution in [2.24, 2.45) is 5.41 Å². The first-order valence-electron chi connectivity index (χ1n) is 5.71. The lowest BCUT2D eigenvalue weighted by Crippen LogP contribution is -2.34. The van der Waals surface area contributed by atoms with Crippen molar-refractivity contribution in [3.63, 3.8) is 0 Å². The molecule has 0 spiro atoms. The molecule has 0 bridgehead atoms. The molecule has 1 aliphatic rings. The van der Waals surface area contributed by atoms with Crippen molar-refractivity contribution < 1.29 is 19.6 Å². The molecular weight excluding hydrogens is 252 g/mol. The standard InChI is InChI=1S/C12H12N2O5/c15-10(13-7-12(5-6-12)11(16)17)8-1-3-9(4-2-8)14(18)19/h1-4H,5-7H2,(H,13,15)(H,16,17). The van der Waals surface area contributed by atoms with Crippen molar-refractivity contribution in [3.8, 4) is 0 Å². The van der Waals surface area contributed by atoms with Crippen molar-refractivity contribution >= 4 is 17.6 Å². The van der Waals surface area contributed by atoms with Crippen LogP contribution in [0.2, 0.25) is 0 Å². The molecule has 0 atom stereocenters. The van der Waals surface area contributed by atoms with E-state index in [4.69, 9.17) is 5.11 Å². The summed E-state index contributed by atoms with van der Waals surface area (Å²) in [5.41, 5.74) is -0.649. The highest BCUT2D eigenvalue weighted by atomic mass is 16.6. The zero-order valence-electron chi connectivity index (χ0n) is 9.96. The van der Waals surface area contributed by atoms with Gasteiger partial charge in [0.25, 0.3) is 11.6 Å². The molecule has 19 heavy (non-hydrogen) atoms. The van der Waals surface area contributed by atoms with Crippen LogP contribution in [0, 0.1) is 15.5 Å². The molecule has 0 unspecified atom stereocenters. The molecule has 0 aromatic heterocycles. The van der Waals surface area contributed by atoms with E-state index in [1.54, 1.807) is 0 Å². The van der Waals surface area contributed by atoms with Gasteiger partial charge in [-0.15, -0.1) is 0 Å². The topological polar surface area (TPSA) is 110 Å². The molecule has 2 N–H and O–H groups in total. The van der Waals surface area contributed by atoms with Crippen molar-refractivity contribution in [2.45, 2.75) is 12.8 Å².